The van der Waals surface area contributed by atoms with E-state index in [1.165, 1.54) is 0 Å². The van der Waals surface area contributed by atoms with Crippen molar-refractivity contribution in [1.82, 2.24) is 15.0 Å². The molecule has 0 aliphatic rings. The minimum atomic E-state index is 0.702. The normalized spacial score (nSPS) is 11.2. The van der Waals surface area contributed by atoms with Crippen LogP contribution in [0, 0.1) is 0 Å². The minimum Gasteiger partial charge on any atom is -0.264 e. The van der Waals surface area contributed by atoms with Crippen LogP contribution in [0.2, 0.25) is 0 Å². The van der Waals surface area contributed by atoms with Gasteiger partial charge in [-0.25, -0.2) is 9.97 Å². The molecule has 0 atom stereocenters. The van der Waals surface area contributed by atoms with Crippen molar-refractivity contribution < 1.29 is 0 Å². The van der Waals surface area contributed by atoms with E-state index < -0.39 is 0 Å². The van der Waals surface area contributed by atoms with E-state index in [1.54, 1.807) is 12.3 Å². The summed E-state index contributed by atoms with van der Waals surface area (Å²) in [5.74, 6) is 0.702. The number of benzene rings is 3. The smallest absolute Gasteiger partial charge is 0.160 e. The van der Waals surface area contributed by atoms with Crippen LogP contribution in [-0.4, -0.2) is 15.0 Å². The summed E-state index contributed by atoms with van der Waals surface area (Å²) in [5, 5.41) is 0. The Kier molecular flexibility index (Phi) is 7.01. The predicted octanol–water partition coefficient (Wildman–Crippen LogP) is 8.30. The molecule has 36 heavy (non-hydrogen) atoms. The minimum absolute atomic E-state index is 0.702. The highest BCUT2D eigenvalue weighted by Crippen LogP contribution is 2.30. The summed E-state index contributed by atoms with van der Waals surface area (Å²) in [6.45, 7) is 3.69. The topological polar surface area (TPSA) is 38.7 Å². The summed E-state index contributed by atoms with van der Waals surface area (Å²) in [6, 6.07) is 33.0. The van der Waals surface area contributed by atoms with Crippen LogP contribution >= 0.6 is 0 Å². The monoisotopic (exact) mass is 463 g/mol. The average molecular weight is 464 g/mol. The molecule has 0 spiro atoms. The largest absolute Gasteiger partial charge is 0.264 e. The molecule has 0 N–H and O–H groups in total. The van der Waals surface area contributed by atoms with Gasteiger partial charge in [0.2, 0.25) is 0 Å². The van der Waals surface area contributed by atoms with E-state index in [-0.39, 0.29) is 0 Å². The van der Waals surface area contributed by atoms with Crippen molar-refractivity contribution in [1.29, 1.82) is 0 Å². The molecule has 5 aromatic rings. The summed E-state index contributed by atoms with van der Waals surface area (Å²) < 4.78 is 0. The van der Waals surface area contributed by atoms with E-state index >= 15 is 0 Å². The molecule has 0 saturated heterocycles. The maximum absolute atomic E-state index is 4.96. The van der Waals surface area contributed by atoms with Crippen LogP contribution in [0.15, 0.2) is 140 Å². The van der Waals surface area contributed by atoms with Crippen LogP contribution < -0.4 is 0 Å². The molecule has 0 saturated carbocycles. The lowest BCUT2D eigenvalue weighted by molar-refractivity contribution is 1.18. The molecule has 0 amide bonds. The molecule has 2 aromatic heterocycles. The van der Waals surface area contributed by atoms with Gasteiger partial charge in [0.1, 0.15) is 0 Å². The fourth-order valence-corrected chi connectivity index (χ4v) is 3.93. The molecule has 2 heterocycles. The highest BCUT2D eigenvalue weighted by atomic mass is 14.9. The lowest BCUT2D eigenvalue weighted by Gasteiger charge is -2.11. The second-order valence-electron chi connectivity index (χ2n) is 8.25. The van der Waals surface area contributed by atoms with Crippen molar-refractivity contribution in [3.8, 4) is 45.0 Å². The Morgan fingerprint density at radius 2 is 1.28 bits per heavy atom. The van der Waals surface area contributed by atoms with Gasteiger partial charge in [0.15, 0.2) is 5.82 Å². The van der Waals surface area contributed by atoms with Crippen molar-refractivity contribution >= 4 is 6.08 Å². The van der Waals surface area contributed by atoms with Crippen molar-refractivity contribution in [2.24, 2.45) is 0 Å². The van der Waals surface area contributed by atoms with E-state index in [0.717, 1.165) is 44.8 Å². The van der Waals surface area contributed by atoms with Gasteiger partial charge in [0.25, 0.3) is 0 Å². The Hall–Kier alpha value is -4.89. The van der Waals surface area contributed by atoms with Crippen LogP contribution in [0.4, 0.5) is 0 Å². The van der Waals surface area contributed by atoms with Crippen LogP contribution in [0.25, 0.3) is 51.1 Å². The van der Waals surface area contributed by atoms with E-state index in [4.69, 9.17) is 9.97 Å². The molecule has 0 aliphatic carbocycles. The highest BCUT2D eigenvalue weighted by molar-refractivity contribution is 5.75. The van der Waals surface area contributed by atoms with Gasteiger partial charge in [-0.05, 0) is 29.3 Å². The molecule has 0 fully saturated rings. The molecule has 3 aromatic carbocycles. The van der Waals surface area contributed by atoms with E-state index in [1.807, 2.05) is 60.8 Å². The zero-order chi connectivity index (χ0) is 24.6. The molecule has 0 aliphatic heterocycles. The molecule has 3 nitrogen and oxygen atoms in total. The van der Waals surface area contributed by atoms with Gasteiger partial charge in [-0.15, -0.1) is 0 Å². The number of pyridine rings is 1. The summed E-state index contributed by atoms with van der Waals surface area (Å²) in [5.41, 5.74) is 8.11. The first-order chi connectivity index (χ1) is 17.8. The lowest BCUT2D eigenvalue weighted by Crippen LogP contribution is -1.96. The van der Waals surface area contributed by atoms with Crippen LogP contribution in [-0.2, 0) is 0 Å². The fraction of sp³-hybridized carbons (Fsp3) is 0. The van der Waals surface area contributed by atoms with Crippen molar-refractivity contribution in [2.45, 2.75) is 0 Å². The maximum atomic E-state index is 4.96. The summed E-state index contributed by atoms with van der Waals surface area (Å²) in [7, 11) is 0. The number of nitrogens with zero attached hydrogens (tertiary/aromatic N) is 3. The zero-order valence-electron chi connectivity index (χ0n) is 19.8. The molecular formula is C33H25N3. The molecule has 0 unspecified atom stereocenters. The number of aromatic nitrogens is 3. The van der Waals surface area contributed by atoms with Gasteiger partial charge in [-0.1, -0.05) is 116 Å². The van der Waals surface area contributed by atoms with E-state index in [2.05, 4.69) is 78.3 Å². The van der Waals surface area contributed by atoms with Gasteiger partial charge >= 0.3 is 0 Å². The van der Waals surface area contributed by atoms with Gasteiger partial charge in [0.05, 0.1) is 11.4 Å². The summed E-state index contributed by atoms with van der Waals surface area (Å²) in [6.07, 6.45) is 13.4. The number of hydrogen-bond acceptors (Lipinski definition) is 3. The predicted molar refractivity (Wildman–Crippen MR) is 150 cm³/mol. The Bertz CT molecular complexity index is 1520. The standard InChI is InChI=1S/C33H25N3/c1-2-3-4-6-11-25-17-19-26(20-18-25)31-23-32(36-33(35-31)27-12-7-5-8-13-27)29-15-9-14-28(22-29)30-16-10-21-34-24-30/h2-24H,1H2/b4-3-,11-6+. The fourth-order valence-electron chi connectivity index (χ4n) is 3.93. The third kappa shape index (κ3) is 5.43. The molecule has 0 bridgehead atoms. The first kappa shape index (κ1) is 22.9. The van der Waals surface area contributed by atoms with Gasteiger partial charge < -0.3 is 0 Å². The van der Waals surface area contributed by atoms with Crippen molar-refractivity contribution in [3.05, 3.63) is 146 Å². The Morgan fingerprint density at radius 3 is 2.03 bits per heavy atom. The third-order valence-electron chi connectivity index (χ3n) is 5.76. The van der Waals surface area contributed by atoms with Crippen LogP contribution in [0.5, 0.6) is 0 Å². The van der Waals surface area contributed by atoms with Gasteiger partial charge in [0, 0.05) is 34.6 Å². The highest BCUT2D eigenvalue weighted by Gasteiger charge is 2.11. The first-order valence-corrected chi connectivity index (χ1v) is 11.8. The van der Waals surface area contributed by atoms with Crippen LogP contribution in [0.3, 0.4) is 0 Å². The number of hydrogen-bond donors (Lipinski definition) is 0. The van der Waals surface area contributed by atoms with Crippen molar-refractivity contribution in [2.75, 3.05) is 0 Å². The first-order valence-electron chi connectivity index (χ1n) is 11.8. The molecular weight excluding hydrogens is 438 g/mol. The number of allylic oxidation sites excluding steroid dienone is 4. The number of rotatable bonds is 7. The Labute approximate surface area is 211 Å². The second-order valence-corrected chi connectivity index (χ2v) is 8.25. The maximum Gasteiger partial charge on any atom is 0.160 e. The zero-order valence-corrected chi connectivity index (χ0v) is 19.8. The SMILES string of the molecule is C=C/C=C\C=C\c1ccc(-c2cc(-c3cccc(-c4cccnc4)c3)nc(-c3ccccc3)n2)cc1. The third-order valence-corrected chi connectivity index (χ3v) is 5.76. The molecule has 0 radical (unpaired) electrons. The quantitative estimate of drug-likeness (QED) is 0.228. The average Bonchev–Trinajstić information content (AvgIpc) is 2.96. The Morgan fingerprint density at radius 1 is 0.556 bits per heavy atom. The van der Waals surface area contributed by atoms with E-state index in [9.17, 15) is 0 Å². The van der Waals surface area contributed by atoms with Gasteiger partial charge in [-0.3, -0.25) is 4.98 Å². The molecule has 3 heteroatoms. The van der Waals surface area contributed by atoms with Crippen LogP contribution in [0.1, 0.15) is 5.56 Å². The Balaban J connectivity index is 1.57. The van der Waals surface area contributed by atoms with Gasteiger partial charge in [-0.2, -0.15) is 0 Å². The second kappa shape index (κ2) is 11.0. The molecule has 5 rings (SSSR count). The molecule has 172 valence electrons. The van der Waals surface area contributed by atoms with E-state index in [0.29, 0.717) is 5.82 Å². The van der Waals surface area contributed by atoms with Crippen molar-refractivity contribution in [3.63, 3.8) is 0 Å². The summed E-state index contributed by atoms with van der Waals surface area (Å²) >= 11 is 0. The summed E-state index contributed by atoms with van der Waals surface area (Å²) in [4.78, 5) is 14.2. The lowest BCUT2D eigenvalue weighted by atomic mass is 10.0.